The molecule has 0 atom stereocenters. The molecule has 1 aromatic rings. The van der Waals surface area contributed by atoms with E-state index in [0.29, 0.717) is 19.6 Å². The lowest BCUT2D eigenvalue weighted by Gasteiger charge is -2.06. The van der Waals surface area contributed by atoms with Gasteiger partial charge in [0.2, 0.25) is 5.91 Å². The Hall–Kier alpha value is -1.46. The van der Waals surface area contributed by atoms with Crippen molar-refractivity contribution in [1.82, 2.24) is 15.6 Å². The van der Waals surface area contributed by atoms with E-state index in [1.54, 1.807) is 13.3 Å². The molecule has 1 amide bonds. The lowest BCUT2D eigenvalue weighted by molar-refractivity contribution is -0.120. The molecule has 0 fully saturated rings. The molecule has 1 aromatic heterocycles. The van der Waals surface area contributed by atoms with Crippen LogP contribution in [0, 0.1) is 6.92 Å². The first kappa shape index (κ1) is 14.6. The predicted octanol–water partition coefficient (Wildman–Crippen LogP) is 0.285. The summed E-state index contributed by atoms with van der Waals surface area (Å²) >= 11 is 0. The van der Waals surface area contributed by atoms with Gasteiger partial charge in [-0.15, -0.1) is 0 Å². The number of nitrogens with one attached hydrogen (secondary N) is 2. The number of hydrogen-bond acceptors (Lipinski definition) is 4. The highest BCUT2D eigenvalue weighted by Crippen LogP contribution is 1.99. The molecule has 0 aliphatic rings. The summed E-state index contributed by atoms with van der Waals surface area (Å²) in [7, 11) is 1.67. The van der Waals surface area contributed by atoms with Crippen LogP contribution in [-0.4, -0.2) is 44.2 Å². The molecule has 2 N–H and O–H groups in total. The van der Waals surface area contributed by atoms with Gasteiger partial charge in [0, 0.05) is 38.6 Å². The standard InChI is InChI=1S/C13H21N3O2/c1-11-3-4-12(10-16-11)9-13(17)15-6-5-14-7-8-18-2/h3-4,10,14H,5-9H2,1-2H3,(H,15,17). The second-order valence-electron chi connectivity index (χ2n) is 4.08. The molecule has 0 aliphatic heterocycles. The quantitative estimate of drug-likeness (QED) is 0.652. The van der Waals surface area contributed by atoms with E-state index in [-0.39, 0.29) is 5.91 Å². The van der Waals surface area contributed by atoms with Crippen molar-refractivity contribution in [3.63, 3.8) is 0 Å². The van der Waals surface area contributed by atoms with E-state index in [0.717, 1.165) is 24.3 Å². The Morgan fingerprint density at radius 1 is 1.33 bits per heavy atom. The number of nitrogens with zero attached hydrogens (tertiary/aromatic N) is 1. The van der Waals surface area contributed by atoms with Gasteiger partial charge in [-0.25, -0.2) is 0 Å². The van der Waals surface area contributed by atoms with E-state index in [4.69, 9.17) is 4.74 Å². The maximum atomic E-state index is 11.6. The summed E-state index contributed by atoms with van der Waals surface area (Å²) in [5, 5.41) is 6.01. The monoisotopic (exact) mass is 251 g/mol. The fraction of sp³-hybridized carbons (Fsp3) is 0.538. The smallest absolute Gasteiger partial charge is 0.224 e. The zero-order chi connectivity index (χ0) is 13.2. The molecule has 100 valence electrons. The van der Waals surface area contributed by atoms with E-state index >= 15 is 0 Å². The second kappa shape index (κ2) is 8.60. The Morgan fingerprint density at radius 2 is 2.17 bits per heavy atom. The molecular weight excluding hydrogens is 230 g/mol. The molecule has 0 aromatic carbocycles. The van der Waals surface area contributed by atoms with E-state index in [9.17, 15) is 4.79 Å². The topological polar surface area (TPSA) is 63.2 Å². The molecule has 0 saturated carbocycles. The van der Waals surface area contributed by atoms with Gasteiger partial charge in [-0.1, -0.05) is 6.07 Å². The number of aryl methyl sites for hydroxylation is 1. The molecule has 1 rings (SSSR count). The summed E-state index contributed by atoms with van der Waals surface area (Å²) in [5.74, 6) is 0.0224. The van der Waals surface area contributed by atoms with Crippen molar-refractivity contribution in [2.45, 2.75) is 13.3 Å². The van der Waals surface area contributed by atoms with Gasteiger partial charge in [0.25, 0.3) is 0 Å². The van der Waals surface area contributed by atoms with Crippen molar-refractivity contribution in [2.24, 2.45) is 0 Å². The van der Waals surface area contributed by atoms with Crippen molar-refractivity contribution in [2.75, 3.05) is 33.4 Å². The number of methoxy groups -OCH3 is 1. The average Bonchev–Trinajstić information content (AvgIpc) is 2.36. The van der Waals surface area contributed by atoms with Gasteiger partial charge in [0.1, 0.15) is 0 Å². The van der Waals surface area contributed by atoms with Crippen LogP contribution in [0.3, 0.4) is 0 Å². The molecule has 0 spiro atoms. The molecular formula is C13H21N3O2. The lowest BCUT2D eigenvalue weighted by Crippen LogP contribution is -2.33. The van der Waals surface area contributed by atoms with Gasteiger partial charge in [-0.3, -0.25) is 9.78 Å². The summed E-state index contributed by atoms with van der Waals surface area (Å²) in [6, 6.07) is 3.84. The first-order valence-corrected chi connectivity index (χ1v) is 6.10. The van der Waals surface area contributed by atoms with Crippen LogP contribution in [-0.2, 0) is 16.0 Å². The van der Waals surface area contributed by atoms with Crippen LogP contribution in [0.5, 0.6) is 0 Å². The Bertz CT molecular complexity index is 352. The van der Waals surface area contributed by atoms with Crippen molar-refractivity contribution in [3.8, 4) is 0 Å². The van der Waals surface area contributed by atoms with E-state index < -0.39 is 0 Å². The Labute approximate surface area is 108 Å². The molecule has 0 bridgehead atoms. The summed E-state index contributed by atoms with van der Waals surface area (Å²) in [6.45, 7) is 4.79. The summed E-state index contributed by atoms with van der Waals surface area (Å²) < 4.78 is 4.90. The maximum absolute atomic E-state index is 11.6. The minimum Gasteiger partial charge on any atom is -0.383 e. The van der Waals surface area contributed by atoms with Crippen LogP contribution in [0.4, 0.5) is 0 Å². The SMILES string of the molecule is COCCNCCNC(=O)Cc1ccc(C)nc1. The van der Waals surface area contributed by atoms with Crippen molar-refractivity contribution >= 4 is 5.91 Å². The van der Waals surface area contributed by atoms with Crippen molar-refractivity contribution in [1.29, 1.82) is 0 Å². The Morgan fingerprint density at radius 3 is 2.83 bits per heavy atom. The molecule has 18 heavy (non-hydrogen) atoms. The van der Waals surface area contributed by atoms with E-state index in [1.807, 2.05) is 19.1 Å². The molecule has 0 unspecified atom stereocenters. The number of hydrogen-bond donors (Lipinski definition) is 2. The molecule has 1 heterocycles. The Balaban J connectivity index is 2.12. The van der Waals surface area contributed by atoms with Gasteiger partial charge in [0.15, 0.2) is 0 Å². The maximum Gasteiger partial charge on any atom is 0.224 e. The second-order valence-corrected chi connectivity index (χ2v) is 4.08. The fourth-order valence-electron chi connectivity index (χ4n) is 1.44. The highest BCUT2D eigenvalue weighted by molar-refractivity contribution is 5.78. The highest BCUT2D eigenvalue weighted by atomic mass is 16.5. The van der Waals surface area contributed by atoms with Crippen LogP contribution < -0.4 is 10.6 Å². The van der Waals surface area contributed by atoms with Crippen molar-refractivity contribution in [3.05, 3.63) is 29.6 Å². The van der Waals surface area contributed by atoms with Gasteiger partial charge < -0.3 is 15.4 Å². The first-order chi connectivity index (χ1) is 8.72. The third-order valence-electron chi connectivity index (χ3n) is 2.44. The predicted molar refractivity (Wildman–Crippen MR) is 70.4 cm³/mol. The third kappa shape index (κ3) is 6.32. The minimum atomic E-state index is 0.0224. The zero-order valence-corrected chi connectivity index (χ0v) is 11.0. The normalized spacial score (nSPS) is 10.3. The van der Waals surface area contributed by atoms with Gasteiger partial charge in [-0.05, 0) is 18.6 Å². The number of pyridine rings is 1. The summed E-state index contributed by atoms with van der Waals surface area (Å²) in [4.78, 5) is 15.8. The van der Waals surface area contributed by atoms with Crippen molar-refractivity contribution < 1.29 is 9.53 Å². The number of ether oxygens (including phenoxy) is 1. The van der Waals surface area contributed by atoms with Crippen LogP contribution in [0.25, 0.3) is 0 Å². The zero-order valence-electron chi connectivity index (χ0n) is 11.0. The average molecular weight is 251 g/mol. The molecule has 0 saturated heterocycles. The number of carbonyl (C=O) groups excluding carboxylic acids is 1. The molecule has 5 nitrogen and oxygen atoms in total. The van der Waals surface area contributed by atoms with E-state index in [1.165, 1.54) is 0 Å². The molecule has 0 aliphatic carbocycles. The number of amides is 1. The number of rotatable bonds is 8. The third-order valence-corrected chi connectivity index (χ3v) is 2.44. The van der Waals surface area contributed by atoms with Crippen LogP contribution in [0.2, 0.25) is 0 Å². The first-order valence-electron chi connectivity index (χ1n) is 6.10. The largest absolute Gasteiger partial charge is 0.383 e. The minimum absolute atomic E-state index is 0.0224. The van der Waals surface area contributed by atoms with Crippen LogP contribution in [0.1, 0.15) is 11.3 Å². The molecule has 0 radical (unpaired) electrons. The summed E-state index contributed by atoms with van der Waals surface area (Å²) in [5.41, 5.74) is 1.90. The lowest BCUT2D eigenvalue weighted by atomic mass is 10.2. The van der Waals surface area contributed by atoms with Gasteiger partial charge in [0.05, 0.1) is 13.0 Å². The van der Waals surface area contributed by atoms with E-state index in [2.05, 4.69) is 15.6 Å². The highest BCUT2D eigenvalue weighted by Gasteiger charge is 2.02. The van der Waals surface area contributed by atoms with Crippen LogP contribution >= 0.6 is 0 Å². The van der Waals surface area contributed by atoms with Gasteiger partial charge >= 0.3 is 0 Å². The van der Waals surface area contributed by atoms with Gasteiger partial charge in [-0.2, -0.15) is 0 Å². The fourth-order valence-corrected chi connectivity index (χ4v) is 1.44. The molecule has 5 heteroatoms. The van der Waals surface area contributed by atoms with Crippen LogP contribution in [0.15, 0.2) is 18.3 Å². The summed E-state index contributed by atoms with van der Waals surface area (Å²) in [6.07, 6.45) is 2.12. The Kier molecular flexibility index (Phi) is 6.98. The number of carbonyl (C=O) groups is 1. The number of aromatic nitrogens is 1.